The molecular weight excluding hydrogens is 559 g/mol. The van der Waals surface area contributed by atoms with Gasteiger partial charge in [0.15, 0.2) is 6.73 Å². The Kier molecular flexibility index (Phi) is 7.43. The van der Waals surface area contributed by atoms with E-state index in [1.54, 1.807) is 68.1 Å². The molecule has 40 heavy (non-hydrogen) atoms. The number of nitrogens with zero attached hydrogens (tertiary/aromatic N) is 5. The average molecular weight is 585 g/mol. The minimum atomic E-state index is -0.630. The number of piperazine rings is 1. The van der Waals surface area contributed by atoms with Crippen molar-refractivity contribution in [1.29, 1.82) is 0 Å². The molecule has 0 bridgehead atoms. The highest BCUT2D eigenvalue weighted by Crippen LogP contribution is 2.37. The molecule has 208 valence electrons. The number of para-hydroxylation sites is 1. The average Bonchev–Trinajstić information content (AvgIpc) is 2.89. The monoisotopic (exact) mass is 584 g/mol. The Bertz CT molecular complexity index is 1460. The van der Waals surface area contributed by atoms with Crippen LogP contribution < -0.4 is 19.9 Å². The summed E-state index contributed by atoms with van der Waals surface area (Å²) in [6.45, 7) is 5.89. The second-order valence-corrected chi connectivity index (χ2v) is 10.9. The maximum absolute atomic E-state index is 13.1. The molecule has 0 radical (unpaired) electrons. The number of carbonyl (C=O) groups is 3. The third-order valence-corrected chi connectivity index (χ3v) is 6.68. The van der Waals surface area contributed by atoms with Crippen LogP contribution in [0, 0.1) is 0 Å². The Hall–Kier alpha value is -4.09. The molecular formula is C27H26Cl2N6O5. The molecule has 1 saturated heterocycles. The fourth-order valence-electron chi connectivity index (χ4n) is 4.21. The van der Waals surface area contributed by atoms with E-state index in [1.807, 2.05) is 0 Å². The summed E-state index contributed by atoms with van der Waals surface area (Å²) in [4.78, 5) is 51.1. The highest BCUT2D eigenvalue weighted by molar-refractivity contribution is 6.40. The topological polar surface area (TPSA) is 117 Å². The van der Waals surface area contributed by atoms with Crippen molar-refractivity contribution in [2.75, 3.05) is 41.5 Å². The van der Waals surface area contributed by atoms with Crippen molar-refractivity contribution in [2.45, 2.75) is 26.4 Å². The summed E-state index contributed by atoms with van der Waals surface area (Å²) in [6.07, 6.45) is 0.873. The first-order valence-corrected chi connectivity index (χ1v) is 13.2. The number of ether oxygens (including phenoxy) is 2. The number of halogens is 2. The molecule has 0 spiro atoms. The Morgan fingerprint density at radius 2 is 1.73 bits per heavy atom. The smallest absolute Gasteiger partial charge is 0.410 e. The van der Waals surface area contributed by atoms with E-state index >= 15 is 0 Å². The molecule has 0 saturated carbocycles. The van der Waals surface area contributed by atoms with Gasteiger partial charge in [0.1, 0.15) is 17.7 Å². The lowest BCUT2D eigenvalue weighted by molar-refractivity contribution is -0.121. The van der Waals surface area contributed by atoms with Gasteiger partial charge < -0.3 is 19.7 Å². The van der Waals surface area contributed by atoms with Gasteiger partial charge in [0.2, 0.25) is 17.7 Å². The number of aromatic nitrogens is 2. The number of rotatable bonds is 4. The quantitative estimate of drug-likeness (QED) is 0.449. The van der Waals surface area contributed by atoms with Gasteiger partial charge in [-0.15, -0.1) is 0 Å². The van der Waals surface area contributed by atoms with Crippen LogP contribution in [0.2, 0.25) is 10.0 Å². The van der Waals surface area contributed by atoms with Crippen LogP contribution in [-0.2, 0) is 9.53 Å². The predicted molar refractivity (Wildman–Crippen MR) is 151 cm³/mol. The molecule has 3 aromatic rings. The number of nitrogens with one attached hydrogen (secondary N) is 1. The maximum atomic E-state index is 13.1. The number of carbonyl (C=O) groups excluding carboxylic acids is 3. The number of anilines is 4. The standard InChI is InChI=1S/C27H26Cl2N6O5/c1-27(2,3)40-26(38)33-11-12-34(21(36)14-33)17-9-7-16(8-10-17)31-25-30-13-18-23(32-25)39-15-35(24(18)37)22-19(28)5-4-6-20(22)29/h4-10,13H,11-12,14-15H2,1-3H3,(H,30,31,32). The van der Waals surface area contributed by atoms with E-state index in [4.69, 9.17) is 32.7 Å². The Balaban J connectivity index is 1.23. The summed E-state index contributed by atoms with van der Waals surface area (Å²) < 4.78 is 11.1. The van der Waals surface area contributed by atoms with Crippen LogP contribution >= 0.6 is 23.2 Å². The van der Waals surface area contributed by atoms with Crippen LogP contribution in [-0.4, -0.2) is 64.7 Å². The van der Waals surface area contributed by atoms with Crippen molar-refractivity contribution in [3.8, 4) is 5.88 Å². The molecule has 1 N–H and O–H groups in total. The van der Waals surface area contributed by atoms with Gasteiger partial charge >= 0.3 is 6.09 Å². The van der Waals surface area contributed by atoms with Gasteiger partial charge in [-0.05, 0) is 57.2 Å². The van der Waals surface area contributed by atoms with Crippen molar-refractivity contribution in [2.24, 2.45) is 0 Å². The Morgan fingerprint density at radius 1 is 1.02 bits per heavy atom. The zero-order chi connectivity index (χ0) is 28.6. The molecule has 2 aromatic carbocycles. The van der Waals surface area contributed by atoms with Gasteiger partial charge in [-0.25, -0.2) is 9.78 Å². The number of benzene rings is 2. The summed E-state index contributed by atoms with van der Waals surface area (Å²) >= 11 is 12.5. The molecule has 2 aliphatic rings. The second kappa shape index (κ2) is 10.8. The van der Waals surface area contributed by atoms with Crippen molar-refractivity contribution < 1.29 is 23.9 Å². The van der Waals surface area contributed by atoms with E-state index in [0.717, 1.165) is 0 Å². The molecule has 2 aliphatic heterocycles. The Labute approximate surface area is 240 Å². The number of hydrogen-bond donors (Lipinski definition) is 1. The van der Waals surface area contributed by atoms with Crippen LogP contribution in [0.1, 0.15) is 31.1 Å². The van der Waals surface area contributed by atoms with Crippen molar-refractivity contribution in [3.05, 3.63) is 64.3 Å². The normalized spacial score (nSPS) is 15.5. The predicted octanol–water partition coefficient (Wildman–Crippen LogP) is 5.11. The van der Waals surface area contributed by atoms with E-state index < -0.39 is 11.7 Å². The van der Waals surface area contributed by atoms with Crippen LogP contribution in [0.4, 0.5) is 27.8 Å². The van der Waals surface area contributed by atoms with Gasteiger partial charge in [0, 0.05) is 30.7 Å². The molecule has 3 heterocycles. The summed E-state index contributed by atoms with van der Waals surface area (Å²) in [6, 6.07) is 12.1. The van der Waals surface area contributed by atoms with Crippen LogP contribution in [0.15, 0.2) is 48.7 Å². The lowest BCUT2D eigenvalue weighted by Crippen LogP contribution is -2.53. The van der Waals surface area contributed by atoms with E-state index in [2.05, 4.69) is 15.3 Å². The SMILES string of the molecule is CC(C)(C)OC(=O)N1CCN(c2ccc(Nc3ncc4c(n3)OCN(c3c(Cl)cccc3Cl)C4=O)cc2)C(=O)C1. The Morgan fingerprint density at radius 3 is 2.38 bits per heavy atom. The van der Waals surface area contributed by atoms with Gasteiger partial charge in [0.25, 0.3) is 5.91 Å². The van der Waals surface area contributed by atoms with Crippen LogP contribution in [0.3, 0.4) is 0 Å². The zero-order valence-corrected chi connectivity index (χ0v) is 23.5. The molecule has 3 amide bonds. The summed E-state index contributed by atoms with van der Waals surface area (Å²) in [7, 11) is 0. The molecule has 1 fully saturated rings. The third kappa shape index (κ3) is 5.75. The third-order valence-electron chi connectivity index (χ3n) is 6.07. The molecule has 0 atom stereocenters. The van der Waals surface area contributed by atoms with Crippen molar-refractivity contribution in [3.63, 3.8) is 0 Å². The molecule has 1 aromatic heterocycles. The highest BCUT2D eigenvalue weighted by atomic mass is 35.5. The lowest BCUT2D eigenvalue weighted by Gasteiger charge is -2.35. The van der Waals surface area contributed by atoms with Crippen LogP contribution in [0.5, 0.6) is 5.88 Å². The first-order chi connectivity index (χ1) is 19.0. The van der Waals surface area contributed by atoms with Gasteiger partial charge in [0.05, 0.1) is 15.7 Å². The van der Waals surface area contributed by atoms with Crippen molar-refractivity contribution in [1.82, 2.24) is 14.9 Å². The highest BCUT2D eigenvalue weighted by Gasteiger charge is 2.32. The van der Waals surface area contributed by atoms with Crippen LogP contribution in [0.25, 0.3) is 0 Å². The second-order valence-electron chi connectivity index (χ2n) is 10.1. The minimum Gasteiger partial charge on any atom is -0.455 e. The number of fused-ring (bicyclic) bond motifs is 1. The van der Waals surface area contributed by atoms with Gasteiger partial charge in [-0.1, -0.05) is 29.3 Å². The van der Waals surface area contributed by atoms with E-state index in [0.29, 0.717) is 40.2 Å². The number of hydrogen-bond acceptors (Lipinski definition) is 8. The first kappa shape index (κ1) is 27.5. The largest absolute Gasteiger partial charge is 0.455 e. The summed E-state index contributed by atoms with van der Waals surface area (Å²) in [5.41, 5.74) is 1.25. The van der Waals surface area contributed by atoms with E-state index in [9.17, 15) is 14.4 Å². The summed E-state index contributed by atoms with van der Waals surface area (Å²) in [5, 5.41) is 3.72. The molecule has 11 nitrogen and oxygen atoms in total. The molecule has 13 heteroatoms. The van der Waals surface area contributed by atoms with Gasteiger partial charge in [-0.2, -0.15) is 4.98 Å². The van der Waals surface area contributed by atoms with E-state index in [1.165, 1.54) is 16.0 Å². The zero-order valence-electron chi connectivity index (χ0n) is 22.0. The molecule has 5 rings (SSSR count). The van der Waals surface area contributed by atoms with Crippen molar-refractivity contribution >= 4 is 64.1 Å². The maximum Gasteiger partial charge on any atom is 0.410 e. The fraction of sp³-hybridized carbons (Fsp3) is 0.296. The summed E-state index contributed by atoms with van der Waals surface area (Å²) in [5.74, 6) is -0.231. The first-order valence-electron chi connectivity index (χ1n) is 12.4. The van der Waals surface area contributed by atoms with E-state index in [-0.39, 0.29) is 42.5 Å². The number of amides is 3. The fourth-order valence-corrected chi connectivity index (χ4v) is 4.81. The lowest BCUT2D eigenvalue weighted by atomic mass is 10.2. The molecule has 0 aliphatic carbocycles. The van der Waals surface area contributed by atoms with Gasteiger partial charge in [-0.3, -0.25) is 19.4 Å². The molecule has 0 unspecified atom stereocenters. The minimum absolute atomic E-state index is 0.0588.